The average molecular weight is 511 g/mol. The predicted octanol–water partition coefficient (Wildman–Crippen LogP) is 1.82. The largest absolute Gasteiger partial charge is 0.465 e. The van der Waals surface area contributed by atoms with E-state index in [4.69, 9.17) is 11.6 Å². The van der Waals surface area contributed by atoms with Crippen LogP contribution in [-0.4, -0.2) is 85.0 Å². The number of nitrogens with zero attached hydrogens (tertiary/aromatic N) is 2. The molecule has 0 fully saturated rings. The third-order valence-corrected chi connectivity index (χ3v) is 2.74. The lowest BCUT2D eigenvalue weighted by molar-refractivity contribution is -0.144. The van der Waals surface area contributed by atoms with E-state index in [2.05, 4.69) is 18.9 Å². The van der Waals surface area contributed by atoms with Gasteiger partial charge in [0.2, 0.25) is 0 Å². The summed E-state index contributed by atoms with van der Waals surface area (Å²) in [5.41, 5.74) is 0. The molecule has 0 radical (unpaired) electrons. The zero-order valence-electron chi connectivity index (χ0n) is 15.2. The Morgan fingerprint density at radius 1 is 0.808 bits per heavy atom. The van der Waals surface area contributed by atoms with Gasteiger partial charge in [-0.15, -0.1) is 0 Å². The molecule has 12 heteroatoms. The molecule has 0 spiro atoms. The summed E-state index contributed by atoms with van der Waals surface area (Å²) in [7, 11) is 2.90. The molecular formula is C14H24ClIN2O8. The summed E-state index contributed by atoms with van der Waals surface area (Å²) in [6.07, 6.45) is -1.18. The van der Waals surface area contributed by atoms with Crippen molar-refractivity contribution >= 4 is 58.3 Å². The van der Waals surface area contributed by atoms with Gasteiger partial charge in [0, 0.05) is 14.1 Å². The number of rotatable bonds is 8. The minimum Gasteiger partial charge on any atom is -0.465 e. The van der Waals surface area contributed by atoms with Crippen LogP contribution < -0.4 is 0 Å². The summed E-state index contributed by atoms with van der Waals surface area (Å²) >= 11 is 7.05. The summed E-state index contributed by atoms with van der Waals surface area (Å²) in [4.78, 5) is 45.9. The molecule has 0 unspecified atom stereocenters. The third kappa shape index (κ3) is 14.8. The summed E-state index contributed by atoms with van der Waals surface area (Å²) in [5, 5.41) is 0. The molecule has 0 aromatic carbocycles. The normalized spacial score (nSPS) is 9.15. The topological polar surface area (TPSA) is 112 Å². The number of halogens is 2. The lowest BCUT2D eigenvalue weighted by Crippen LogP contribution is -2.33. The fraction of sp³-hybridized carbons (Fsp3) is 0.714. The maximum atomic E-state index is 11.0. The molecule has 152 valence electrons. The number of esters is 2. The van der Waals surface area contributed by atoms with Crippen LogP contribution in [0.1, 0.15) is 13.8 Å². The molecule has 0 heterocycles. The molecule has 0 saturated heterocycles. The Kier molecular flexibility index (Phi) is 17.4. The van der Waals surface area contributed by atoms with E-state index >= 15 is 0 Å². The van der Waals surface area contributed by atoms with Gasteiger partial charge >= 0.3 is 24.1 Å². The maximum Gasteiger partial charge on any atom is 0.411 e. The molecule has 10 nitrogen and oxygen atoms in total. The number of hydrogen-bond donors (Lipinski definition) is 0. The fourth-order valence-electron chi connectivity index (χ4n) is 1.24. The smallest absolute Gasteiger partial charge is 0.411 e. The third-order valence-electron chi connectivity index (χ3n) is 2.32. The predicted molar refractivity (Wildman–Crippen MR) is 101 cm³/mol. The van der Waals surface area contributed by atoms with E-state index in [0.717, 1.165) is 9.80 Å². The number of amides is 2. The highest BCUT2D eigenvalue weighted by Gasteiger charge is 2.14. The molecule has 2 amide bonds. The van der Waals surface area contributed by atoms with E-state index in [0.29, 0.717) is 6.61 Å². The number of carbonyl (C=O) groups is 4. The molecule has 0 aromatic heterocycles. The Balaban J connectivity index is 0. The minimum atomic E-state index is -0.650. The first kappa shape index (κ1) is 26.7. The van der Waals surface area contributed by atoms with Gasteiger partial charge in [0.15, 0.2) is 6.07 Å². The lowest BCUT2D eigenvalue weighted by atomic mass is 10.6. The van der Waals surface area contributed by atoms with Gasteiger partial charge in [-0.3, -0.25) is 9.59 Å². The molecule has 0 N–H and O–H groups in total. The van der Waals surface area contributed by atoms with Crippen LogP contribution in [0.3, 0.4) is 0 Å². The van der Waals surface area contributed by atoms with E-state index in [1.165, 1.54) is 14.1 Å². The van der Waals surface area contributed by atoms with Crippen LogP contribution >= 0.6 is 34.2 Å². The van der Waals surface area contributed by atoms with Gasteiger partial charge in [-0.2, -0.15) is 0 Å². The molecule has 0 saturated carbocycles. The summed E-state index contributed by atoms with van der Waals surface area (Å²) in [5.74, 6) is -0.910. The Morgan fingerprint density at radius 3 is 1.50 bits per heavy atom. The van der Waals surface area contributed by atoms with Crippen LogP contribution in [-0.2, 0) is 28.5 Å². The Hall–Kier alpha value is -1.50. The summed E-state index contributed by atoms with van der Waals surface area (Å²) in [6, 6.07) is -0.230. The lowest BCUT2D eigenvalue weighted by Gasteiger charge is -2.14. The summed E-state index contributed by atoms with van der Waals surface area (Å²) < 4.78 is 18.6. The minimum absolute atomic E-state index is 0.0800. The van der Waals surface area contributed by atoms with E-state index in [1.807, 2.05) is 22.6 Å². The van der Waals surface area contributed by atoms with Crippen molar-refractivity contribution in [1.29, 1.82) is 0 Å². The highest BCUT2D eigenvalue weighted by Crippen LogP contribution is 1.94. The van der Waals surface area contributed by atoms with E-state index in [-0.39, 0.29) is 30.4 Å². The van der Waals surface area contributed by atoms with E-state index in [9.17, 15) is 19.2 Å². The highest BCUT2D eigenvalue weighted by atomic mass is 127. The van der Waals surface area contributed by atoms with Crippen molar-refractivity contribution < 1.29 is 38.1 Å². The second-order valence-electron chi connectivity index (χ2n) is 4.36. The quantitative estimate of drug-likeness (QED) is 0.210. The Labute approximate surface area is 171 Å². The highest BCUT2D eigenvalue weighted by molar-refractivity contribution is 14.1. The van der Waals surface area contributed by atoms with Crippen LogP contribution in [0, 0.1) is 0 Å². The van der Waals surface area contributed by atoms with Crippen LogP contribution in [0.15, 0.2) is 0 Å². The number of ether oxygens (including phenoxy) is 4. The monoisotopic (exact) mass is 510 g/mol. The van der Waals surface area contributed by atoms with Crippen molar-refractivity contribution in [1.82, 2.24) is 9.80 Å². The van der Waals surface area contributed by atoms with Crippen LogP contribution in [0.2, 0.25) is 0 Å². The SMILES string of the molecule is CCOC(=O)CN(C)C(=O)OCCl.CCOC(=O)CN(C)C(=O)OCI. The van der Waals surface area contributed by atoms with Crippen molar-refractivity contribution in [3.05, 3.63) is 0 Å². The molecular weight excluding hydrogens is 487 g/mol. The number of carbonyl (C=O) groups excluding carboxylic acids is 4. The molecule has 0 atom stereocenters. The first-order chi connectivity index (χ1) is 12.2. The average Bonchev–Trinajstić information content (AvgIpc) is 2.56. The standard InChI is InChI=1S/C7H12ClNO4.C7H12INO4/c2*1-3-12-6(10)4-9(2)7(11)13-5-8/h2*3-5H2,1-2H3. The summed E-state index contributed by atoms with van der Waals surface area (Å²) in [6.45, 7) is 3.79. The molecule has 0 aliphatic heterocycles. The first-order valence-electron chi connectivity index (χ1n) is 7.42. The van der Waals surface area contributed by atoms with Gasteiger partial charge < -0.3 is 28.7 Å². The molecule has 0 aliphatic carbocycles. The molecule has 0 rings (SSSR count). The van der Waals surface area contributed by atoms with Gasteiger partial charge in [0.05, 0.1) is 13.2 Å². The van der Waals surface area contributed by atoms with Crippen molar-refractivity contribution in [2.24, 2.45) is 0 Å². The van der Waals surface area contributed by atoms with Crippen molar-refractivity contribution in [2.75, 3.05) is 51.1 Å². The van der Waals surface area contributed by atoms with Gasteiger partial charge in [-0.25, -0.2) is 9.59 Å². The molecule has 26 heavy (non-hydrogen) atoms. The zero-order valence-corrected chi connectivity index (χ0v) is 18.1. The van der Waals surface area contributed by atoms with Crippen molar-refractivity contribution in [2.45, 2.75) is 13.8 Å². The first-order valence-corrected chi connectivity index (χ1v) is 9.48. The van der Waals surface area contributed by atoms with E-state index < -0.39 is 24.1 Å². The fourth-order valence-corrected chi connectivity index (χ4v) is 1.60. The van der Waals surface area contributed by atoms with Gasteiger partial charge in [-0.1, -0.05) is 11.6 Å². The van der Waals surface area contributed by atoms with Crippen molar-refractivity contribution in [3.8, 4) is 0 Å². The second-order valence-corrected chi connectivity index (χ2v) is 5.20. The van der Waals surface area contributed by atoms with E-state index in [1.54, 1.807) is 13.8 Å². The van der Waals surface area contributed by atoms with Crippen LogP contribution in [0.4, 0.5) is 9.59 Å². The Bertz CT molecular complexity index is 413. The molecule has 0 bridgehead atoms. The van der Waals surface area contributed by atoms with Crippen LogP contribution in [0.25, 0.3) is 0 Å². The van der Waals surface area contributed by atoms with Crippen molar-refractivity contribution in [3.63, 3.8) is 0 Å². The molecule has 0 aromatic rings. The molecule has 0 aliphatic rings. The van der Waals surface area contributed by atoms with Gasteiger partial charge in [0.1, 0.15) is 17.7 Å². The van der Waals surface area contributed by atoms with Gasteiger partial charge in [-0.05, 0) is 36.4 Å². The number of hydrogen-bond acceptors (Lipinski definition) is 8. The maximum absolute atomic E-state index is 11.0. The van der Waals surface area contributed by atoms with Crippen LogP contribution in [0.5, 0.6) is 0 Å². The number of alkyl halides is 2. The van der Waals surface area contributed by atoms with Gasteiger partial charge in [0.25, 0.3) is 0 Å². The number of likely N-dealkylation sites (N-methyl/N-ethyl adjacent to an activating group) is 2. The zero-order chi connectivity index (χ0) is 20.5. The second kappa shape index (κ2) is 16.9. The Morgan fingerprint density at radius 2 is 1.19 bits per heavy atom.